The Morgan fingerprint density at radius 3 is 2.47 bits per heavy atom. The lowest BCUT2D eigenvalue weighted by atomic mass is 10.1. The summed E-state index contributed by atoms with van der Waals surface area (Å²) in [5.74, 6) is -1.09. The third-order valence-electron chi connectivity index (χ3n) is 2.11. The molecule has 0 radical (unpaired) electrons. The first-order valence-electron chi connectivity index (χ1n) is 5.53. The molecular weight excluding hydrogens is 194 g/mol. The first-order chi connectivity index (χ1) is 7.06. The van der Waals surface area contributed by atoms with Crippen LogP contribution in [-0.2, 0) is 14.3 Å². The topological polar surface area (TPSA) is 69.4 Å². The molecule has 0 aliphatic rings. The minimum Gasteiger partial charge on any atom is -0.393 e. The maximum absolute atomic E-state index is 11.0. The van der Waals surface area contributed by atoms with Gasteiger partial charge in [0.05, 0.1) is 6.42 Å². The average Bonchev–Trinajstić information content (AvgIpc) is 2.10. The van der Waals surface area contributed by atoms with Crippen molar-refractivity contribution in [1.82, 2.24) is 0 Å². The van der Waals surface area contributed by atoms with Gasteiger partial charge in [-0.2, -0.15) is 0 Å². The van der Waals surface area contributed by atoms with Crippen molar-refractivity contribution in [2.45, 2.75) is 58.4 Å². The summed E-state index contributed by atoms with van der Waals surface area (Å²) in [5, 5.41) is 0. The summed E-state index contributed by atoms with van der Waals surface area (Å²) in [6.07, 6.45) is 5.50. The van der Waals surface area contributed by atoms with Crippen LogP contribution in [0.3, 0.4) is 0 Å². The van der Waals surface area contributed by atoms with Crippen molar-refractivity contribution in [2.24, 2.45) is 5.73 Å². The van der Waals surface area contributed by atoms with E-state index in [1.165, 1.54) is 19.8 Å². The summed E-state index contributed by atoms with van der Waals surface area (Å²) >= 11 is 0. The predicted molar refractivity (Wildman–Crippen MR) is 58.1 cm³/mol. The van der Waals surface area contributed by atoms with Crippen molar-refractivity contribution in [3.05, 3.63) is 0 Å². The second kappa shape index (κ2) is 8.41. The molecule has 2 N–H and O–H groups in total. The van der Waals surface area contributed by atoms with Crippen LogP contribution in [0.4, 0.5) is 0 Å². The highest BCUT2D eigenvalue weighted by Crippen LogP contribution is 2.06. The van der Waals surface area contributed by atoms with Gasteiger partial charge in [-0.15, -0.1) is 0 Å². The van der Waals surface area contributed by atoms with Crippen LogP contribution in [0.1, 0.15) is 52.4 Å². The van der Waals surface area contributed by atoms with Crippen molar-refractivity contribution in [1.29, 1.82) is 0 Å². The summed E-state index contributed by atoms with van der Waals surface area (Å²) in [6, 6.07) is -0.186. The predicted octanol–water partition coefficient (Wildman–Crippen LogP) is 1.76. The Labute approximate surface area is 91.2 Å². The smallest absolute Gasteiger partial charge is 0.314 e. The first-order valence-corrected chi connectivity index (χ1v) is 5.53. The van der Waals surface area contributed by atoms with E-state index in [1.54, 1.807) is 0 Å². The van der Waals surface area contributed by atoms with E-state index in [1.807, 2.05) is 0 Å². The van der Waals surface area contributed by atoms with E-state index in [-0.39, 0.29) is 12.5 Å². The molecule has 0 aliphatic carbocycles. The van der Waals surface area contributed by atoms with Gasteiger partial charge in [0.15, 0.2) is 0 Å². The number of ether oxygens (including phenoxy) is 1. The lowest BCUT2D eigenvalue weighted by Crippen LogP contribution is -2.25. The standard InChI is InChI=1S/C11H21NO3/c1-3-4-5-6-7-10(12)8-11(14)15-9(2)13/h10H,3-8,12H2,1-2H3. The number of esters is 2. The lowest BCUT2D eigenvalue weighted by molar-refractivity contribution is -0.158. The molecular formula is C11H21NO3. The molecule has 0 aromatic rings. The molecule has 1 unspecified atom stereocenters. The Morgan fingerprint density at radius 2 is 1.93 bits per heavy atom. The van der Waals surface area contributed by atoms with Gasteiger partial charge in [-0.05, 0) is 6.42 Å². The number of hydrogen-bond donors (Lipinski definition) is 1. The van der Waals surface area contributed by atoms with Crippen LogP contribution in [0.2, 0.25) is 0 Å². The largest absolute Gasteiger partial charge is 0.393 e. The fourth-order valence-corrected chi connectivity index (χ4v) is 1.35. The van der Waals surface area contributed by atoms with Gasteiger partial charge in [0.1, 0.15) is 0 Å². The summed E-state index contributed by atoms with van der Waals surface area (Å²) in [4.78, 5) is 21.5. The SMILES string of the molecule is CCCCCCC(N)CC(=O)OC(C)=O. The average molecular weight is 215 g/mol. The molecule has 0 saturated heterocycles. The van der Waals surface area contributed by atoms with Gasteiger partial charge in [-0.3, -0.25) is 9.59 Å². The highest BCUT2D eigenvalue weighted by atomic mass is 16.6. The van der Waals surface area contributed by atoms with E-state index in [2.05, 4.69) is 11.7 Å². The van der Waals surface area contributed by atoms with Crippen molar-refractivity contribution in [3.63, 3.8) is 0 Å². The van der Waals surface area contributed by atoms with Gasteiger partial charge in [-0.25, -0.2) is 0 Å². The second-order valence-electron chi connectivity index (χ2n) is 3.78. The summed E-state index contributed by atoms with van der Waals surface area (Å²) in [5.41, 5.74) is 5.72. The first kappa shape index (κ1) is 14.1. The van der Waals surface area contributed by atoms with Crippen LogP contribution in [0.25, 0.3) is 0 Å². The molecule has 4 nitrogen and oxygen atoms in total. The molecule has 0 saturated carbocycles. The maximum Gasteiger partial charge on any atom is 0.314 e. The maximum atomic E-state index is 11.0. The molecule has 0 aromatic carbocycles. The van der Waals surface area contributed by atoms with Crippen LogP contribution in [-0.4, -0.2) is 18.0 Å². The van der Waals surface area contributed by atoms with Gasteiger partial charge in [0.2, 0.25) is 0 Å². The highest BCUT2D eigenvalue weighted by Gasteiger charge is 2.11. The third kappa shape index (κ3) is 9.41. The van der Waals surface area contributed by atoms with Crippen molar-refractivity contribution in [3.8, 4) is 0 Å². The molecule has 4 heteroatoms. The van der Waals surface area contributed by atoms with Crippen LogP contribution in [0.5, 0.6) is 0 Å². The highest BCUT2D eigenvalue weighted by molar-refractivity contribution is 5.84. The monoisotopic (exact) mass is 215 g/mol. The molecule has 0 bridgehead atoms. The zero-order valence-electron chi connectivity index (χ0n) is 9.62. The minimum atomic E-state index is -0.571. The molecule has 0 amide bonds. The van der Waals surface area contributed by atoms with E-state index in [0.717, 1.165) is 19.3 Å². The molecule has 88 valence electrons. The summed E-state index contributed by atoms with van der Waals surface area (Å²) in [6.45, 7) is 3.36. The number of rotatable bonds is 7. The third-order valence-corrected chi connectivity index (χ3v) is 2.11. The summed E-state index contributed by atoms with van der Waals surface area (Å²) < 4.78 is 4.39. The van der Waals surface area contributed by atoms with Crippen LogP contribution < -0.4 is 5.73 Å². The molecule has 0 rings (SSSR count). The lowest BCUT2D eigenvalue weighted by Gasteiger charge is -2.09. The molecule has 0 aromatic heterocycles. The Morgan fingerprint density at radius 1 is 1.27 bits per heavy atom. The van der Waals surface area contributed by atoms with E-state index in [0.29, 0.717) is 0 Å². The van der Waals surface area contributed by atoms with Crippen LogP contribution in [0, 0.1) is 0 Å². The molecule has 0 spiro atoms. The Kier molecular flexibility index (Phi) is 7.91. The Bertz CT molecular complexity index is 204. The molecule has 15 heavy (non-hydrogen) atoms. The van der Waals surface area contributed by atoms with Gasteiger partial charge < -0.3 is 10.5 Å². The van der Waals surface area contributed by atoms with Gasteiger partial charge in [-0.1, -0.05) is 32.6 Å². The number of unbranched alkanes of at least 4 members (excludes halogenated alkanes) is 3. The molecule has 0 fully saturated rings. The number of carbonyl (C=O) groups excluding carboxylic acids is 2. The molecule has 0 heterocycles. The number of hydrogen-bond acceptors (Lipinski definition) is 4. The Hall–Kier alpha value is -0.900. The van der Waals surface area contributed by atoms with E-state index in [4.69, 9.17) is 5.73 Å². The van der Waals surface area contributed by atoms with E-state index < -0.39 is 11.9 Å². The molecule has 0 aliphatic heterocycles. The molecule has 1 atom stereocenters. The summed E-state index contributed by atoms with van der Waals surface area (Å²) in [7, 11) is 0. The van der Waals surface area contributed by atoms with Crippen molar-refractivity contribution < 1.29 is 14.3 Å². The quantitative estimate of drug-likeness (QED) is 0.399. The number of nitrogens with two attached hydrogens (primary N) is 1. The van der Waals surface area contributed by atoms with Crippen LogP contribution >= 0.6 is 0 Å². The Balaban J connectivity index is 3.51. The van der Waals surface area contributed by atoms with Gasteiger partial charge in [0, 0.05) is 13.0 Å². The van der Waals surface area contributed by atoms with Crippen LogP contribution in [0.15, 0.2) is 0 Å². The van der Waals surface area contributed by atoms with Gasteiger partial charge >= 0.3 is 11.9 Å². The number of carbonyl (C=O) groups is 2. The van der Waals surface area contributed by atoms with Gasteiger partial charge in [0.25, 0.3) is 0 Å². The zero-order valence-corrected chi connectivity index (χ0v) is 9.62. The zero-order chi connectivity index (χ0) is 11.7. The van der Waals surface area contributed by atoms with E-state index >= 15 is 0 Å². The fraction of sp³-hybridized carbons (Fsp3) is 0.818. The second-order valence-corrected chi connectivity index (χ2v) is 3.78. The van der Waals surface area contributed by atoms with Crippen molar-refractivity contribution in [2.75, 3.05) is 0 Å². The minimum absolute atomic E-state index is 0.131. The van der Waals surface area contributed by atoms with Crippen molar-refractivity contribution >= 4 is 11.9 Å². The fourth-order valence-electron chi connectivity index (χ4n) is 1.35. The van der Waals surface area contributed by atoms with E-state index in [9.17, 15) is 9.59 Å². The normalized spacial score (nSPS) is 12.2.